The van der Waals surface area contributed by atoms with Crippen molar-refractivity contribution in [3.8, 4) is 0 Å². The third-order valence-electron chi connectivity index (χ3n) is 8.29. The molecule has 7 atom stereocenters. The molecule has 3 rings (SSSR count). The Labute approximate surface area is 242 Å². The fourth-order valence-electron chi connectivity index (χ4n) is 7.14. The Balaban J connectivity index is 2.01. The summed E-state index contributed by atoms with van der Waals surface area (Å²) >= 11 is 3.69. The summed E-state index contributed by atoms with van der Waals surface area (Å²) in [6, 6.07) is -1.61. The van der Waals surface area contributed by atoms with Crippen LogP contribution in [-0.2, 0) is 23.9 Å². The van der Waals surface area contributed by atoms with E-state index in [4.69, 9.17) is 9.47 Å². The highest BCUT2D eigenvalue weighted by Gasteiger charge is 2.77. The second-order valence-corrected chi connectivity index (χ2v) is 14.4. The zero-order valence-corrected chi connectivity index (χ0v) is 26.0. The third-order valence-corrected chi connectivity index (χ3v) is 9.14. The number of amides is 2. The van der Waals surface area contributed by atoms with E-state index in [0.717, 1.165) is 19.3 Å². The van der Waals surface area contributed by atoms with Gasteiger partial charge in [0.25, 0.3) is 0 Å². The normalized spacial score (nSPS) is 30.7. The van der Waals surface area contributed by atoms with Crippen molar-refractivity contribution >= 4 is 33.7 Å². The Kier molecular flexibility index (Phi) is 9.81. The topological polar surface area (TPSA) is 96.4 Å². The first-order valence-electron chi connectivity index (χ1n) is 14.1. The van der Waals surface area contributed by atoms with E-state index >= 15 is 0 Å². The van der Waals surface area contributed by atoms with Crippen LogP contribution in [0.4, 0.5) is 0 Å². The van der Waals surface area contributed by atoms with Crippen molar-refractivity contribution in [1.82, 2.24) is 9.80 Å². The summed E-state index contributed by atoms with van der Waals surface area (Å²) in [5, 5.41) is 10.1. The number of hydrogen-bond acceptors (Lipinski definition) is 6. The molecule has 220 valence electrons. The number of ether oxygens (including phenoxy) is 2. The van der Waals surface area contributed by atoms with Crippen LogP contribution in [0.5, 0.6) is 0 Å². The molecular weight excluding hydrogens is 564 g/mol. The molecule has 9 heteroatoms. The van der Waals surface area contributed by atoms with E-state index in [1.807, 2.05) is 19.9 Å². The first kappa shape index (κ1) is 31.8. The number of halogens is 1. The number of carbonyl (C=O) groups is 3. The van der Waals surface area contributed by atoms with Gasteiger partial charge in [-0.25, -0.2) is 0 Å². The van der Waals surface area contributed by atoms with Gasteiger partial charge in [-0.2, -0.15) is 0 Å². The average Bonchev–Trinajstić information content (AvgIpc) is 3.43. The maximum atomic E-state index is 14.6. The predicted molar refractivity (Wildman–Crippen MR) is 154 cm³/mol. The van der Waals surface area contributed by atoms with Crippen molar-refractivity contribution in [2.75, 3.05) is 19.8 Å². The minimum absolute atomic E-state index is 0.0581. The van der Waals surface area contributed by atoms with E-state index < -0.39 is 47.1 Å². The SMILES string of the molecule is C=CCCCCOC(=O)[C@H]1[C@@H]2OC3(CC2Br)C(C(=O)N(CC=C)C(C)(C)CC(C)(C)C)N([C@H](C)CO)C(=O)[C@H]13. The number of allylic oxidation sites excluding steroid dienone is 1. The van der Waals surface area contributed by atoms with Gasteiger partial charge in [0.05, 0.1) is 37.2 Å². The molecule has 3 fully saturated rings. The van der Waals surface area contributed by atoms with Crippen LogP contribution in [0.25, 0.3) is 0 Å². The fraction of sp³-hybridized carbons (Fsp3) is 0.767. The summed E-state index contributed by atoms with van der Waals surface area (Å²) < 4.78 is 12.2. The monoisotopic (exact) mass is 610 g/mol. The lowest BCUT2D eigenvalue weighted by Gasteiger charge is -2.46. The maximum Gasteiger partial charge on any atom is 0.312 e. The highest BCUT2D eigenvalue weighted by molar-refractivity contribution is 9.09. The zero-order chi connectivity index (χ0) is 29.3. The molecule has 2 bridgehead atoms. The van der Waals surface area contributed by atoms with Crippen molar-refractivity contribution in [1.29, 1.82) is 0 Å². The lowest BCUT2D eigenvalue weighted by atomic mass is 9.70. The van der Waals surface area contributed by atoms with Gasteiger partial charge >= 0.3 is 5.97 Å². The van der Waals surface area contributed by atoms with Crippen LogP contribution in [-0.4, -0.2) is 86.6 Å². The van der Waals surface area contributed by atoms with E-state index in [9.17, 15) is 19.5 Å². The molecule has 0 radical (unpaired) electrons. The highest BCUT2D eigenvalue weighted by atomic mass is 79.9. The first-order chi connectivity index (χ1) is 18.2. The summed E-state index contributed by atoms with van der Waals surface area (Å²) in [5.41, 5.74) is -1.80. The van der Waals surface area contributed by atoms with Crippen LogP contribution < -0.4 is 0 Å². The Morgan fingerprint density at radius 3 is 2.49 bits per heavy atom. The van der Waals surface area contributed by atoms with Gasteiger partial charge in [-0.1, -0.05) is 48.9 Å². The molecule has 2 amide bonds. The lowest BCUT2D eigenvalue weighted by molar-refractivity contribution is -0.157. The molecule has 0 saturated carbocycles. The number of nitrogens with zero attached hydrogens (tertiary/aromatic N) is 2. The second kappa shape index (κ2) is 12.0. The molecular formula is C30H47BrN2O6. The van der Waals surface area contributed by atoms with Crippen molar-refractivity contribution in [2.24, 2.45) is 17.3 Å². The van der Waals surface area contributed by atoms with Gasteiger partial charge in [-0.3, -0.25) is 14.4 Å². The Hall–Kier alpha value is -1.71. The van der Waals surface area contributed by atoms with E-state index in [2.05, 4.69) is 49.9 Å². The predicted octanol–water partition coefficient (Wildman–Crippen LogP) is 4.24. The largest absolute Gasteiger partial charge is 0.465 e. The molecule has 3 aliphatic rings. The van der Waals surface area contributed by atoms with Gasteiger partial charge < -0.3 is 24.4 Å². The molecule has 1 spiro atoms. The van der Waals surface area contributed by atoms with Crippen molar-refractivity contribution in [2.45, 2.75) is 108 Å². The van der Waals surface area contributed by atoms with E-state index in [-0.39, 0.29) is 35.3 Å². The minimum Gasteiger partial charge on any atom is -0.465 e. The molecule has 0 aromatic heterocycles. The summed E-state index contributed by atoms with van der Waals surface area (Å²) in [5.74, 6) is -2.73. The second-order valence-electron chi connectivity index (χ2n) is 13.2. The van der Waals surface area contributed by atoms with Crippen LogP contribution in [0.3, 0.4) is 0 Å². The summed E-state index contributed by atoms with van der Waals surface area (Å²) in [4.78, 5) is 45.1. The van der Waals surface area contributed by atoms with Gasteiger partial charge in [0.15, 0.2) is 0 Å². The number of aliphatic hydroxyl groups is 1. The zero-order valence-electron chi connectivity index (χ0n) is 24.5. The van der Waals surface area contributed by atoms with Crippen LogP contribution in [0.2, 0.25) is 0 Å². The average molecular weight is 612 g/mol. The van der Waals surface area contributed by atoms with E-state index in [0.29, 0.717) is 19.4 Å². The van der Waals surface area contributed by atoms with Gasteiger partial charge in [0.2, 0.25) is 11.8 Å². The molecule has 0 aromatic rings. The van der Waals surface area contributed by atoms with Crippen molar-refractivity contribution < 1.29 is 29.0 Å². The van der Waals surface area contributed by atoms with Crippen LogP contribution in [0.15, 0.2) is 25.3 Å². The smallest absolute Gasteiger partial charge is 0.312 e. The van der Waals surface area contributed by atoms with E-state index in [1.54, 1.807) is 17.9 Å². The Morgan fingerprint density at radius 1 is 1.26 bits per heavy atom. The molecule has 0 aliphatic carbocycles. The third kappa shape index (κ3) is 6.01. The number of alkyl halides is 1. The molecule has 1 N–H and O–H groups in total. The molecule has 39 heavy (non-hydrogen) atoms. The van der Waals surface area contributed by atoms with Gasteiger partial charge in [-0.15, -0.1) is 13.2 Å². The number of esters is 1. The number of rotatable bonds is 13. The lowest BCUT2D eigenvalue weighted by Crippen LogP contribution is -2.62. The number of aliphatic hydroxyl groups excluding tert-OH is 1. The Bertz CT molecular complexity index is 962. The summed E-state index contributed by atoms with van der Waals surface area (Å²) in [6.45, 7) is 20.0. The van der Waals surface area contributed by atoms with Crippen LogP contribution >= 0.6 is 15.9 Å². The van der Waals surface area contributed by atoms with Crippen LogP contribution in [0, 0.1) is 17.3 Å². The fourth-order valence-corrected chi connectivity index (χ4v) is 8.09. The number of likely N-dealkylation sites (tertiary alicyclic amines) is 1. The number of unbranched alkanes of at least 4 members (excludes halogenated alkanes) is 2. The molecule has 3 unspecified atom stereocenters. The summed E-state index contributed by atoms with van der Waals surface area (Å²) in [7, 11) is 0. The van der Waals surface area contributed by atoms with Gasteiger partial charge in [-0.05, 0) is 58.3 Å². The van der Waals surface area contributed by atoms with E-state index in [1.165, 1.54) is 4.90 Å². The quantitative estimate of drug-likeness (QED) is 0.145. The standard InChI is InChI=1S/C30H47BrN2O6/c1-9-11-12-13-15-38-27(37)21-22-25(35)33(19(3)17-34)24(30(22)16-20(31)23(21)39-30)26(36)32(14-10-2)29(7,8)18-28(4,5)6/h9-10,19-24,34H,1-2,11-18H2,3-8H3/t19-,20?,21-,22+,23-,24?,30?/m1/s1. The van der Waals surface area contributed by atoms with Crippen LogP contribution in [0.1, 0.15) is 73.6 Å². The maximum absolute atomic E-state index is 14.6. The number of carbonyl (C=O) groups excluding carboxylic acids is 3. The molecule has 3 saturated heterocycles. The minimum atomic E-state index is -1.19. The molecule has 3 heterocycles. The van der Waals surface area contributed by atoms with Gasteiger partial charge in [0.1, 0.15) is 11.6 Å². The molecule has 3 aliphatic heterocycles. The molecule has 8 nitrogen and oxygen atoms in total. The van der Waals surface area contributed by atoms with Crippen molar-refractivity contribution in [3.05, 3.63) is 25.3 Å². The summed E-state index contributed by atoms with van der Waals surface area (Å²) in [6.07, 6.45) is 6.47. The number of fused-ring (bicyclic) bond motifs is 1. The molecule has 0 aromatic carbocycles. The number of hydrogen-bond donors (Lipinski definition) is 1. The van der Waals surface area contributed by atoms with Crippen molar-refractivity contribution in [3.63, 3.8) is 0 Å². The van der Waals surface area contributed by atoms with Gasteiger partial charge in [0, 0.05) is 16.9 Å². The Morgan fingerprint density at radius 2 is 1.92 bits per heavy atom. The highest BCUT2D eigenvalue weighted by Crippen LogP contribution is 2.61. The first-order valence-corrected chi connectivity index (χ1v) is 15.0.